The summed E-state index contributed by atoms with van der Waals surface area (Å²) in [6.45, 7) is 2.98. The fraction of sp³-hybridized carbons (Fsp3) is 0.409. The third-order valence-corrected chi connectivity index (χ3v) is 4.74. The SMILES string of the molecule is O=C(CCCOc1ccccc1)N1CCC(COc2ccccc2)CC1. The number of piperidine rings is 1. The highest BCUT2D eigenvalue weighted by molar-refractivity contribution is 5.76. The van der Waals surface area contributed by atoms with Crippen LogP contribution < -0.4 is 9.47 Å². The van der Waals surface area contributed by atoms with Gasteiger partial charge in [-0.2, -0.15) is 0 Å². The zero-order valence-electron chi connectivity index (χ0n) is 15.2. The zero-order chi connectivity index (χ0) is 18.0. The predicted octanol–water partition coefficient (Wildman–Crippen LogP) is 4.16. The molecule has 4 heteroatoms. The van der Waals surface area contributed by atoms with Crippen molar-refractivity contribution in [2.45, 2.75) is 25.7 Å². The van der Waals surface area contributed by atoms with Crippen molar-refractivity contribution in [1.29, 1.82) is 0 Å². The molecule has 0 atom stereocenters. The van der Waals surface area contributed by atoms with Gasteiger partial charge in [-0.05, 0) is 49.4 Å². The Balaban J connectivity index is 1.29. The minimum absolute atomic E-state index is 0.240. The fourth-order valence-electron chi connectivity index (χ4n) is 3.17. The van der Waals surface area contributed by atoms with Crippen molar-refractivity contribution in [1.82, 2.24) is 4.90 Å². The highest BCUT2D eigenvalue weighted by Crippen LogP contribution is 2.20. The van der Waals surface area contributed by atoms with E-state index >= 15 is 0 Å². The fourth-order valence-corrected chi connectivity index (χ4v) is 3.17. The average Bonchev–Trinajstić information content (AvgIpc) is 2.71. The van der Waals surface area contributed by atoms with Crippen LogP contribution >= 0.6 is 0 Å². The summed E-state index contributed by atoms with van der Waals surface area (Å²) in [5, 5.41) is 0. The van der Waals surface area contributed by atoms with Crippen LogP contribution in [0.4, 0.5) is 0 Å². The number of nitrogens with zero attached hydrogens (tertiary/aromatic N) is 1. The highest BCUT2D eigenvalue weighted by Gasteiger charge is 2.22. The number of amides is 1. The van der Waals surface area contributed by atoms with Crippen LogP contribution in [-0.2, 0) is 4.79 Å². The topological polar surface area (TPSA) is 38.8 Å². The molecule has 2 aromatic rings. The maximum atomic E-state index is 12.3. The molecular weight excluding hydrogens is 326 g/mol. The maximum absolute atomic E-state index is 12.3. The van der Waals surface area contributed by atoms with E-state index in [1.54, 1.807) is 0 Å². The lowest BCUT2D eigenvalue weighted by Crippen LogP contribution is -2.39. The van der Waals surface area contributed by atoms with Gasteiger partial charge in [0.1, 0.15) is 11.5 Å². The van der Waals surface area contributed by atoms with Gasteiger partial charge in [-0.3, -0.25) is 4.79 Å². The smallest absolute Gasteiger partial charge is 0.222 e. The van der Waals surface area contributed by atoms with Crippen molar-refractivity contribution in [3.05, 3.63) is 60.7 Å². The van der Waals surface area contributed by atoms with Crippen LogP contribution in [0.1, 0.15) is 25.7 Å². The first-order valence-electron chi connectivity index (χ1n) is 9.45. The molecule has 0 bridgehead atoms. The van der Waals surface area contributed by atoms with Crippen molar-refractivity contribution < 1.29 is 14.3 Å². The minimum Gasteiger partial charge on any atom is -0.494 e. The van der Waals surface area contributed by atoms with Crippen LogP contribution in [0.3, 0.4) is 0 Å². The van der Waals surface area contributed by atoms with Gasteiger partial charge < -0.3 is 14.4 Å². The molecule has 0 spiro atoms. The molecule has 1 aliphatic rings. The number of hydrogen-bond acceptors (Lipinski definition) is 3. The van der Waals surface area contributed by atoms with Crippen LogP contribution in [0.2, 0.25) is 0 Å². The molecule has 0 aliphatic carbocycles. The molecular formula is C22H27NO3. The van der Waals surface area contributed by atoms with E-state index in [4.69, 9.17) is 9.47 Å². The van der Waals surface area contributed by atoms with E-state index in [2.05, 4.69) is 0 Å². The monoisotopic (exact) mass is 353 g/mol. The quantitative estimate of drug-likeness (QED) is 0.669. The molecule has 0 aromatic heterocycles. The van der Waals surface area contributed by atoms with E-state index < -0.39 is 0 Å². The maximum Gasteiger partial charge on any atom is 0.222 e. The Morgan fingerprint density at radius 1 is 0.885 bits per heavy atom. The molecule has 0 saturated carbocycles. The van der Waals surface area contributed by atoms with E-state index in [-0.39, 0.29) is 5.91 Å². The van der Waals surface area contributed by atoms with Crippen molar-refractivity contribution in [2.75, 3.05) is 26.3 Å². The second-order valence-corrected chi connectivity index (χ2v) is 6.71. The van der Waals surface area contributed by atoms with Crippen LogP contribution in [0, 0.1) is 5.92 Å². The Bertz CT molecular complexity index is 652. The lowest BCUT2D eigenvalue weighted by molar-refractivity contribution is -0.133. The molecule has 1 saturated heterocycles. The molecule has 3 rings (SSSR count). The number of benzene rings is 2. The van der Waals surface area contributed by atoms with Gasteiger partial charge in [-0.15, -0.1) is 0 Å². The highest BCUT2D eigenvalue weighted by atomic mass is 16.5. The van der Waals surface area contributed by atoms with Crippen LogP contribution in [0.5, 0.6) is 11.5 Å². The van der Waals surface area contributed by atoms with Gasteiger partial charge in [-0.1, -0.05) is 36.4 Å². The van der Waals surface area contributed by atoms with Gasteiger partial charge in [0.25, 0.3) is 0 Å². The standard InChI is InChI=1S/C22H27NO3/c24-22(12-7-17-25-20-8-3-1-4-9-20)23-15-13-19(14-16-23)18-26-21-10-5-2-6-11-21/h1-6,8-11,19H,7,12-18H2. The lowest BCUT2D eigenvalue weighted by atomic mass is 9.97. The Morgan fingerprint density at radius 2 is 1.46 bits per heavy atom. The Kier molecular flexibility index (Phi) is 6.94. The second-order valence-electron chi connectivity index (χ2n) is 6.71. The van der Waals surface area contributed by atoms with E-state index in [0.29, 0.717) is 18.9 Å². The first kappa shape index (κ1) is 18.3. The Morgan fingerprint density at radius 3 is 2.08 bits per heavy atom. The molecule has 138 valence electrons. The van der Waals surface area contributed by atoms with Gasteiger partial charge in [0, 0.05) is 19.5 Å². The number of carbonyl (C=O) groups is 1. The third-order valence-electron chi connectivity index (χ3n) is 4.74. The minimum atomic E-state index is 0.240. The van der Waals surface area contributed by atoms with Gasteiger partial charge in [0.2, 0.25) is 5.91 Å². The molecule has 1 amide bonds. The number of ether oxygens (including phenoxy) is 2. The van der Waals surface area contributed by atoms with Crippen LogP contribution in [0.15, 0.2) is 60.7 Å². The molecule has 4 nitrogen and oxygen atoms in total. The van der Waals surface area contributed by atoms with E-state index in [1.165, 1.54) is 0 Å². The van der Waals surface area contributed by atoms with Crippen molar-refractivity contribution in [3.63, 3.8) is 0 Å². The van der Waals surface area contributed by atoms with Crippen molar-refractivity contribution in [3.8, 4) is 11.5 Å². The van der Waals surface area contributed by atoms with Gasteiger partial charge >= 0.3 is 0 Å². The summed E-state index contributed by atoms with van der Waals surface area (Å²) in [7, 11) is 0. The molecule has 0 unspecified atom stereocenters. The summed E-state index contributed by atoms with van der Waals surface area (Å²) in [6.07, 6.45) is 3.33. The molecule has 0 N–H and O–H groups in total. The Hall–Kier alpha value is -2.49. The number of carbonyl (C=O) groups excluding carboxylic acids is 1. The van der Waals surface area contributed by atoms with Gasteiger partial charge in [0.15, 0.2) is 0 Å². The molecule has 1 fully saturated rings. The first-order chi connectivity index (χ1) is 12.8. The summed E-state index contributed by atoms with van der Waals surface area (Å²) < 4.78 is 11.5. The number of rotatable bonds is 8. The van der Waals surface area contributed by atoms with Crippen molar-refractivity contribution in [2.24, 2.45) is 5.92 Å². The van der Waals surface area contributed by atoms with E-state index in [1.807, 2.05) is 65.6 Å². The normalized spacial score (nSPS) is 14.8. The molecule has 26 heavy (non-hydrogen) atoms. The van der Waals surface area contributed by atoms with Gasteiger partial charge in [-0.25, -0.2) is 0 Å². The van der Waals surface area contributed by atoms with Gasteiger partial charge in [0.05, 0.1) is 13.2 Å². The molecule has 0 radical (unpaired) electrons. The lowest BCUT2D eigenvalue weighted by Gasteiger charge is -2.32. The number of likely N-dealkylation sites (tertiary alicyclic amines) is 1. The third kappa shape index (κ3) is 5.80. The predicted molar refractivity (Wildman–Crippen MR) is 102 cm³/mol. The number of hydrogen-bond donors (Lipinski definition) is 0. The summed E-state index contributed by atoms with van der Waals surface area (Å²) in [6, 6.07) is 19.7. The molecule has 1 heterocycles. The summed E-state index contributed by atoms with van der Waals surface area (Å²) in [5.74, 6) is 2.55. The average molecular weight is 353 g/mol. The van der Waals surface area contributed by atoms with E-state index in [9.17, 15) is 4.79 Å². The van der Waals surface area contributed by atoms with Crippen molar-refractivity contribution >= 4 is 5.91 Å². The van der Waals surface area contributed by atoms with Crippen LogP contribution in [-0.4, -0.2) is 37.1 Å². The summed E-state index contributed by atoms with van der Waals surface area (Å²) in [5.41, 5.74) is 0. The molecule has 2 aromatic carbocycles. The first-order valence-corrected chi connectivity index (χ1v) is 9.45. The molecule has 1 aliphatic heterocycles. The largest absolute Gasteiger partial charge is 0.494 e. The number of para-hydroxylation sites is 2. The zero-order valence-corrected chi connectivity index (χ0v) is 15.2. The second kappa shape index (κ2) is 9.85. The van der Waals surface area contributed by atoms with Crippen LogP contribution in [0.25, 0.3) is 0 Å². The summed E-state index contributed by atoms with van der Waals surface area (Å²) >= 11 is 0. The summed E-state index contributed by atoms with van der Waals surface area (Å²) in [4.78, 5) is 14.3. The Labute approximate surface area is 155 Å². The van der Waals surface area contributed by atoms with E-state index in [0.717, 1.165) is 50.5 Å².